The second-order valence-electron chi connectivity index (χ2n) is 9.88. The van der Waals surface area contributed by atoms with Crippen molar-refractivity contribution in [1.82, 2.24) is 10.2 Å². The summed E-state index contributed by atoms with van der Waals surface area (Å²) in [5.74, 6) is 2.97. The molecule has 0 bridgehead atoms. The van der Waals surface area contributed by atoms with Gasteiger partial charge in [-0.05, 0) is 57.8 Å². The molecule has 192 valence electrons. The fraction of sp³-hybridized carbons (Fsp3) is 0.964. The van der Waals surface area contributed by atoms with E-state index in [4.69, 9.17) is 0 Å². The van der Waals surface area contributed by atoms with E-state index in [9.17, 15) is 4.79 Å². The third-order valence-corrected chi connectivity index (χ3v) is 7.34. The summed E-state index contributed by atoms with van der Waals surface area (Å²) in [5.41, 5.74) is 0. The second kappa shape index (κ2) is 27.0. The molecule has 0 aliphatic heterocycles. The maximum atomic E-state index is 11.8. The minimum Gasteiger partial charge on any atom is -0.356 e. The largest absolute Gasteiger partial charge is 0.356 e. The zero-order valence-corrected chi connectivity index (χ0v) is 23.1. The monoisotopic (exact) mass is 470 g/mol. The Labute approximate surface area is 206 Å². The number of amides is 1. The number of carbonyl (C=O) groups is 1. The summed E-state index contributed by atoms with van der Waals surface area (Å²) in [6.07, 6.45) is 26.6. The summed E-state index contributed by atoms with van der Waals surface area (Å²) < 4.78 is 0. The molecule has 32 heavy (non-hydrogen) atoms. The lowest BCUT2D eigenvalue weighted by Gasteiger charge is -2.09. The molecule has 0 rings (SSSR count). The van der Waals surface area contributed by atoms with Gasteiger partial charge in [0.1, 0.15) is 0 Å². The minimum atomic E-state index is 0.235. The van der Waals surface area contributed by atoms with Gasteiger partial charge in [0, 0.05) is 13.0 Å². The van der Waals surface area contributed by atoms with Crippen molar-refractivity contribution in [1.29, 1.82) is 0 Å². The van der Waals surface area contributed by atoms with Crippen molar-refractivity contribution in [3.05, 3.63) is 0 Å². The fourth-order valence-corrected chi connectivity index (χ4v) is 5.08. The van der Waals surface area contributed by atoms with Crippen LogP contribution in [0.1, 0.15) is 135 Å². The van der Waals surface area contributed by atoms with Gasteiger partial charge in [-0.2, -0.15) is 11.8 Å². The van der Waals surface area contributed by atoms with Crippen molar-refractivity contribution in [2.24, 2.45) is 0 Å². The van der Waals surface area contributed by atoms with Crippen LogP contribution in [0, 0.1) is 0 Å². The van der Waals surface area contributed by atoms with E-state index >= 15 is 0 Å². The Kier molecular flexibility index (Phi) is 26.8. The molecule has 4 heteroatoms. The van der Waals surface area contributed by atoms with Crippen molar-refractivity contribution in [2.75, 3.05) is 38.7 Å². The van der Waals surface area contributed by atoms with Gasteiger partial charge in [0.15, 0.2) is 0 Å². The average Bonchev–Trinajstić information content (AvgIpc) is 2.77. The van der Waals surface area contributed by atoms with E-state index < -0.39 is 0 Å². The van der Waals surface area contributed by atoms with Crippen LogP contribution in [0.3, 0.4) is 0 Å². The van der Waals surface area contributed by atoms with Gasteiger partial charge in [0.2, 0.25) is 5.91 Å². The number of nitrogens with zero attached hydrogens (tertiary/aromatic N) is 1. The molecule has 0 aliphatic rings. The van der Waals surface area contributed by atoms with Crippen LogP contribution in [-0.4, -0.2) is 49.5 Å². The first kappa shape index (κ1) is 31.8. The number of hydrogen-bond donors (Lipinski definition) is 1. The SMILES string of the molecule is CCCCCCCCCCCCSCCCCCCCCCCC(=O)NCCCN(C)C. The third-order valence-electron chi connectivity index (χ3n) is 6.19. The summed E-state index contributed by atoms with van der Waals surface area (Å²) in [7, 11) is 4.14. The van der Waals surface area contributed by atoms with Crippen LogP contribution in [0.2, 0.25) is 0 Å². The molecule has 1 amide bonds. The van der Waals surface area contributed by atoms with E-state index in [2.05, 4.69) is 43.0 Å². The molecule has 0 fully saturated rings. The van der Waals surface area contributed by atoms with E-state index in [1.165, 1.54) is 121 Å². The van der Waals surface area contributed by atoms with Crippen molar-refractivity contribution < 1.29 is 4.79 Å². The van der Waals surface area contributed by atoms with E-state index in [1.807, 2.05) is 0 Å². The summed E-state index contributed by atoms with van der Waals surface area (Å²) in [5, 5.41) is 3.03. The molecule has 0 radical (unpaired) electrons. The predicted molar refractivity (Wildman–Crippen MR) is 147 cm³/mol. The van der Waals surface area contributed by atoms with E-state index in [1.54, 1.807) is 0 Å². The van der Waals surface area contributed by atoms with Crippen LogP contribution in [0.15, 0.2) is 0 Å². The van der Waals surface area contributed by atoms with Crippen LogP contribution in [0.25, 0.3) is 0 Å². The summed E-state index contributed by atoms with van der Waals surface area (Å²) in [4.78, 5) is 13.9. The van der Waals surface area contributed by atoms with Gasteiger partial charge in [-0.25, -0.2) is 0 Å². The Balaban J connectivity index is 3.10. The Bertz CT molecular complexity index is 376. The number of unbranched alkanes of at least 4 members (excludes halogenated alkanes) is 16. The zero-order valence-electron chi connectivity index (χ0n) is 22.2. The standard InChI is InChI=1S/C28H58N2OS/c1-4-5-6-7-8-9-11-14-17-20-26-32-27-21-18-15-12-10-13-16-19-23-28(31)29-24-22-25-30(2)3/h4-27H2,1-3H3,(H,29,31). The first-order chi connectivity index (χ1) is 15.7. The molecule has 0 heterocycles. The smallest absolute Gasteiger partial charge is 0.219 e. The minimum absolute atomic E-state index is 0.235. The van der Waals surface area contributed by atoms with Crippen LogP contribution in [0.4, 0.5) is 0 Å². The first-order valence-corrected chi connectivity index (χ1v) is 15.3. The number of thioether (sulfide) groups is 1. The number of nitrogens with one attached hydrogen (secondary N) is 1. The lowest BCUT2D eigenvalue weighted by atomic mass is 10.1. The molecule has 1 N–H and O–H groups in total. The van der Waals surface area contributed by atoms with Gasteiger partial charge in [-0.1, -0.05) is 103 Å². The number of carbonyl (C=O) groups excluding carboxylic acids is 1. The zero-order chi connectivity index (χ0) is 23.5. The van der Waals surface area contributed by atoms with E-state index in [-0.39, 0.29) is 5.91 Å². The van der Waals surface area contributed by atoms with E-state index in [0.29, 0.717) is 6.42 Å². The first-order valence-electron chi connectivity index (χ1n) is 14.2. The quantitative estimate of drug-likeness (QED) is 0.129. The normalized spacial score (nSPS) is 11.4. The van der Waals surface area contributed by atoms with Crippen LogP contribution >= 0.6 is 11.8 Å². The third kappa shape index (κ3) is 27.8. The maximum Gasteiger partial charge on any atom is 0.219 e. The molecule has 0 unspecified atom stereocenters. The van der Waals surface area contributed by atoms with Gasteiger partial charge in [0.05, 0.1) is 0 Å². The van der Waals surface area contributed by atoms with Crippen LogP contribution in [0.5, 0.6) is 0 Å². The lowest BCUT2D eigenvalue weighted by molar-refractivity contribution is -0.121. The van der Waals surface area contributed by atoms with Crippen molar-refractivity contribution >= 4 is 17.7 Å². The van der Waals surface area contributed by atoms with Gasteiger partial charge >= 0.3 is 0 Å². The molecule has 0 aromatic heterocycles. The molecule has 3 nitrogen and oxygen atoms in total. The molecule has 0 spiro atoms. The van der Waals surface area contributed by atoms with E-state index in [0.717, 1.165) is 25.9 Å². The van der Waals surface area contributed by atoms with Crippen LogP contribution in [-0.2, 0) is 4.79 Å². The van der Waals surface area contributed by atoms with Crippen molar-refractivity contribution in [2.45, 2.75) is 135 Å². The summed E-state index contributed by atoms with van der Waals surface area (Å²) in [6, 6.07) is 0. The maximum absolute atomic E-state index is 11.8. The average molecular weight is 471 g/mol. The molecule has 0 saturated carbocycles. The Morgan fingerprint density at radius 3 is 1.53 bits per heavy atom. The summed E-state index contributed by atoms with van der Waals surface area (Å²) >= 11 is 2.18. The molecule has 0 aromatic rings. The van der Waals surface area contributed by atoms with Crippen molar-refractivity contribution in [3.63, 3.8) is 0 Å². The Morgan fingerprint density at radius 1 is 0.625 bits per heavy atom. The van der Waals surface area contributed by atoms with Gasteiger partial charge < -0.3 is 10.2 Å². The predicted octanol–water partition coefficient (Wildman–Crippen LogP) is 8.22. The highest BCUT2D eigenvalue weighted by Crippen LogP contribution is 2.15. The highest BCUT2D eigenvalue weighted by atomic mass is 32.2. The van der Waals surface area contributed by atoms with Gasteiger partial charge in [0.25, 0.3) is 0 Å². The Hall–Kier alpha value is -0.220. The highest BCUT2D eigenvalue weighted by molar-refractivity contribution is 7.99. The molecule has 0 saturated heterocycles. The highest BCUT2D eigenvalue weighted by Gasteiger charge is 2.01. The van der Waals surface area contributed by atoms with Gasteiger partial charge in [-0.15, -0.1) is 0 Å². The molecular formula is C28H58N2OS. The number of hydrogen-bond acceptors (Lipinski definition) is 3. The van der Waals surface area contributed by atoms with Crippen LogP contribution < -0.4 is 5.32 Å². The van der Waals surface area contributed by atoms with Crippen molar-refractivity contribution in [3.8, 4) is 0 Å². The second-order valence-corrected chi connectivity index (χ2v) is 11.1. The van der Waals surface area contributed by atoms with Gasteiger partial charge in [-0.3, -0.25) is 4.79 Å². The topological polar surface area (TPSA) is 32.3 Å². The Morgan fingerprint density at radius 2 is 1.06 bits per heavy atom. The molecule has 0 aliphatic carbocycles. The molecular weight excluding hydrogens is 412 g/mol. The number of rotatable bonds is 26. The summed E-state index contributed by atoms with van der Waals surface area (Å²) in [6.45, 7) is 4.15. The molecule has 0 aromatic carbocycles. The fourth-order valence-electron chi connectivity index (χ4n) is 4.06. The molecule has 0 atom stereocenters. The lowest BCUT2D eigenvalue weighted by Crippen LogP contribution is -2.26.